The van der Waals surface area contributed by atoms with Crippen LogP contribution in [0, 0.1) is 16.7 Å². The summed E-state index contributed by atoms with van der Waals surface area (Å²) in [6.07, 6.45) is 1.31. The zero-order valence-electron chi connectivity index (χ0n) is 14.6. The van der Waals surface area contributed by atoms with Crippen LogP contribution in [0.3, 0.4) is 0 Å². The predicted molar refractivity (Wildman–Crippen MR) is 93.2 cm³/mol. The van der Waals surface area contributed by atoms with Crippen LogP contribution in [-0.2, 0) is 0 Å². The molecule has 2 aromatic rings. The molecular formula is C18H22N4O3. The molecule has 2 unspecified atom stereocenters. The summed E-state index contributed by atoms with van der Waals surface area (Å²) in [6.45, 7) is 6.33. The first-order valence-electron chi connectivity index (χ1n) is 8.26. The molecule has 2 N–H and O–H groups in total. The molecule has 132 valence electrons. The van der Waals surface area contributed by atoms with Crippen LogP contribution in [0.2, 0.25) is 0 Å². The summed E-state index contributed by atoms with van der Waals surface area (Å²) in [7, 11) is 0. The van der Waals surface area contributed by atoms with E-state index in [0.717, 1.165) is 5.69 Å². The Bertz CT molecular complexity index is 833. The number of amides is 1. The summed E-state index contributed by atoms with van der Waals surface area (Å²) in [4.78, 5) is 17.2. The van der Waals surface area contributed by atoms with E-state index in [2.05, 4.69) is 16.4 Å². The molecule has 0 saturated carbocycles. The molecule has 1 aromatic carbocycles. The molecule has 0 bridgehead atoms. The zero-order chi connectivity index (χ0) is 18.2. The van der Waals surface area contributed by atoms with Crippen LogP contribution >= 0.6 is 0 Å². The number of carbonyl (C=O) groups is 1. The molecule has 7 heteroatoms. The molecule has 0 spiro atoms. The van der Waals surface area contributed by atoms with Crippen LogP contribution in [0.4, 0.5) is 10.5 Å². The van der Waals surface area contributed by atoms with E-state index in [0.29, 0.717) is 30.5 Å². The second-order valence-corrected chi connectivity index (χ2v) is 7.67. The number of rotatable bonds is 2. The summed E-state index contributed by atoms with van der Waals surface area (Å²) in [5, 5.41) is 22.7. The number of nitrogens with one attached hydrogen (secondary N) is 1. The Hall–Kier alpha value is -2.75. The van der Waals surface area contributed by atoms with Gasteiger partial charge in [0.25, 0.3) is 0 Å². The highest BCUT2D eigenvalue weighted by molar-refractivity contribution is 5.77. The highest BCUT2D eigenvalue weighted by Gasteiger charge is 2.46. The van der Waals surface area contributed by atoms with Gasteiger partial charge < -0.3 is 19.7 Å². The van der Waals surface area contributed by atoms with Crippen LogP contribution < -0.4 is 5.32 Å². The maximum atomic E-state index is 11.6. The van der Waals surface area contributed by atoms with Crippen LogP contribution in [0.1, 0.15) is 33.6 Å². The minimum Gasteiger partial charge on any atom is -0.465 e. The Morgan fingerprint density at radius 2 is 2.28 bits per heavy atom. The van der Waals surface area contributed by atoms with Crippen molar-refractivity contribution in [1.29, 1.82) is 5.26 Å². The van der Waals surface area contributed by atoms with Crippen molar-refractivity contribution in [1.82, 2.24) is 9.88 Å². The molecule has 0 radical (unpaired) electrons. The Balaban J connectivity index is 1.89. The van der Waals surface area contributed by atoms with Crippen molar-refractivity contribution in [3.8, 4) is 6.07 Å². The third kappa shape index (κ3) is 3.25. The number of nitrogens with zero attached hydrogens (tertiary/aromatic N) is 3. The highest BCUT2D eigenvalue weighted by Crippen LogP contribution is 2.38. The number of oxazole rings is 1. The van der Waals surface area contributed by atoms with E-state index in [4.69, 9.17) is 4.42 Å². The minimum absolute atomic E-state index is 0.248. The van der Waals surface area contributed by atoms with E-state index < -0.39 is 11.6 Å². The second-order valence-electron chi connectivity index (χ2n) is 7.67. The Labute approximate surface area is 146 Å². The number of benzene rings is 1. The Morgan fingerprint density at radius 1 is 1.52 bits per heavy atom. The van der Waals surface area contributed by atoms with Gasteiger partial charge in [-0.25, -0.2) is 9.78 Å². The maximum Gasteiger partial charge on any atom is 0.407 e. The number of piperidine rings is 1. The number of hydrogen-bond acceptors (Lipinski definition) is 5. The molecule has 2 atom stereocenters. The van der Waals surface area contributed by atoms with Gasteiger partial charge in [-0.2, -0.15) is 5.26 Å². The molecule has 1 aliphatic heterocycles. The summed E-state index contributed by atoms with van der Waals surface area (Å²) in [5.41, 5.74) is 1.10. The van der Waals surface area contributed by atoms with E-state index in [1.807, 2.05) is 39.0 Å². The molecule has 0 aliphatic carbocycles. The van der Waals surface area contributed by atoms with Crippen LogP contribution in [0.25, 0.3) is 11.1 Å². The molecular weight excluding hydrogens is 320 g/mol. The van der Waals surface area contributed by atoms with Crippen molar-refractivity contribution in [2.45, 2.75) is 45.2 Å². The quantitative estimate of drug-likeness (QED) is 0.863. The van der Waals surface area contributed by atoms with E-state index in [9.17, 15) is 15.2 Å². The normalized spacial score (nSPS) is 24.1. The number of likely N-dealkylation sites (tertiary alicyclic amines) is 1. The predicted octanol–water partition coefficient (Wildman–Crippen LogP) is 3.69. The fourth-order valence-corrected chi connectivity index (χ4v) is 3.47. The highest BCUT2D eigenvalue weighted by atomic mass is 16.4. The van der Waals surface area contributed by atoms with E-state index >= 15 is 0 Å². The number of fused-ring (bicyclic) bond motifs is 1. The summed E-state index contributed by atoms with van der Waals surface area (Å²) in [6, 6.07) is 7.65. The molecule has 7 nitrogen and oxygen atoms in total. The number of hydrogen-bond donors (Lipinski definition) is 2. The van der Waals surface area contributed by atoms with E-state index in [1.165, 1.54) is 11.3 Å². The first-order chi connectivity index (χ1) is 11.7. The smallest absolute Gasteiger partial charge is 0.407 e. The van der Waals surface area contributed by atoms with Gasteiger partial charge in [0.2, 0.25) is 0 Å². The SMILES string of the molecule is CC(C)(C)C1CC(C#N)(Nc2ccc3ocnc3c2)CCN1C(=O)O. The van der Waals surface area contributed by atoms with Gasteiger partial charge in [0.05, 0.1) is 6.07 Å². The van der Waals surface area contributed by atoms with Crippen LogP contribution in [-0.4, -0.2) is 39.2 Å². The number of aromatic nitrogens is 1. The standard InChI is InChI=1S/C18H22N4O3/c1-17(2,3)15-9-18(10-19,6-7-22(15)16(23)24)21-12-4-5-14-13(8-12)20-11-25-14/h4-5,8,11,15,21H,6-7,9H2,1-3H3,(H,23,24). The fraction of sp³-hybridized carbons (Fsp3) is 0.500. The third-order valence-electron chi connectivity index (χ3n) is 4.87. The van der Waals surface area contributed by atoms with Gasteiger partial charge in [0, 0.05) is 31.1 Å². The van der Waals surface area contributed by atoms with Gasteiger partial charge in [0.1, 0.15) is 11.1 Å². The molecule has 3 rings (SSSR count). The number of anilines is 1. The second kappa shape index (κ2) is 5.96. The zero-order valence-corrected chi connectivity index (χ0v) is 14.6. The summed E-state index contributed by atoms with van der Waals surface area (Å²) >= 11 is 0. The van der Waals surface area contributed by atoms with Gasteiger partial charge in [0.15, 0.2) is 12.0 Å². The number of nitriles is 1. The fourth-order valence-electron chi connectivity index (χ4n) is 3.47. The molecule has 1 fully saturated rings. The van der Waals surface area contributed by atoms with Crippen molar-refractivity contribution in [3.05, 3.63) is 24.6 Å². The molecule has 1 saturated heterocycles. The van der Waals surface area contributed by atoms with Crippen molar-refractivity contribution in [3.63, 3.8) is 0 Å². The summed E-state index contributed by atoms with van der Waals surface area (Å²) in [5.74, 6) is 0. The average Bonchev–Trinajstić information content (AvgIpc) is 3.01. The lowest BCUT2D eigenvalue weighted by Crippen LogP contribution is -2.58. The average molecular weight is 342 g/mol. The molecule has 2 heterocycles. The van der Waals surface area contributed by atoms with Crippen molar-refractivity contribution >= 4 is 22.9 Å². The lowest BCUT2D eigenvalue weighted by molar-refractivity contribution is 0.0464. The van der Waals surface area contributed by atoms with Gasteiger partial charge in [-0.1, -0.05) is 20.8 Å². The van der Waals surface area contributed by atoms with Crippen molar-refractivity contribution in [2.75, 3.05) is 11.9 Å². The first-order valence-corrected chi connectivity index (χ1v) is 8.26. The van der Waals surface area contributed by atoms with Gasteiger partial charge in [-0.15, -0.1) is 0 Å². The van der Waals surface area contributed by atoms with Gasteiger partial charge in [-0.3, -0.25) is 0 Å². The monoisotopic (exact) mass is 342 g/mol. The van der Waals surface area contributed by atoms with Crippen molar-refractivity contribution < 1.29 is 14.3 Å². The maximum absolute atomic E-state index is 11.6. The lowest BCUT2D eigenvalue weighted by Gasteiger charge is -2.47. The first kappa shape index (κ1) is 17.1. The van der Waals surface area contributed by atoms with E-state index in [-0.39, 0.29) is 11.5 Å². The van der Waals surface area contributed by atoms with Gasteiger partial charge >= 0.3 is 6.09 Å². The molecule has 1 aliphatic rings. The Morgan fingerprint density at radius 3 is 2.92 bits per heavy atom. The topological polar surface area (TPSA) is 102 Å². The van der Waals surface area contributed by atoms with Crippen LogP contribution in [0.5, 0.6) is 0 Å². The third-order valence-corrected chi connectivity index (χ3v) is 4.87. The molecule has 1 amide bonds. The number of carboxylic acid groups (broad SMARTS) is 1. The summed E-state index contributed by atoms with van der Waals surface area (Å²) < 4.78 is 5.24. The molecule has 25 heavy (non-hydrogen) atoms. The molecule has 1 aromatic heterocycles. The minimum atomic E-state index is -0.935. The van der Waals surface area contributed by atoms with Gasteiger partial charge in [-0.05, 0) is 23.6 Å². The Kier molecular flexibility index (Phi) is 4.07. The lowest BCUT2D eigenvalue weighted by atomic mass is 9.74. The van der Waals surface area contributed by atoms with Crippen molar-refractivity contribution in [2.24, 2.45) is 5.41 Å². The van der Waals surface area contributed by atoms with E-state index in [1.54, 1.807) is 0 Å². The largest absolute Gasteiger partial charge is 0.465 e. The van der Waals surface area contributed by atoms with Crippen LogP contribution in [0.15, 0.2) is 29.0 Å².